The quantitative estimate of drug-likeness (QED) is 0.773. The number of aromatic nitrogens is 4. The number of hydrogen-bond donors (Lipinski definition) is 1. The van der Waals surface area contributed by atoms with Crippen LogP contribution in [0.25, 0.3) is 22.9 Å². The first kappa shape index (κ1) is 16.0. The summed E-state index contributed by atoms with van der Waals surface area (Å²) in [5.74, 6) is 2.30. The van der Waals surface area contributed by atoms with Crippen LogP contribution in [0.2, 0.25) is 0 Å². The highest BCUT2D eigenvalue weighted by molar-refractivity contribution is 5.75. The third kappa shape index (κ3) is 2.84. The maximum atomic E-state index is 6.43. The lowest BCUT2D eigenvalue weighted by Crippen LogP contribution is -2.34. The summed E-state index contributed by atoms with van der Waals surface area (Å²) < 4.78 is 10.9. The average molecular weight is 339 g/mol. The highest BCUT2D eigenvalue weighted by Crippen LogP contribution is 2.37. The molecule has 2 aromatic heterocycles. The van der Waals surface area contributed by atoms with E-state index in [1.54, 1.807) is 0 Å². The Morgan fingerprint density at radius 1 is 0.960 bits per heavy atom. The Morgan fingerprint density at radius 2 is 1.56 bits per heavy atom. The minimum Gasteiger partial charge on any atom is -0.334 e. The van der Waals surface area contributed by atoms with E-state index in [-0.39, 0.29) is 5.92 Å². The zero-order chi connectivity index (χ0) is 17.4. The summed E-state index contributed by atoms with van der Waals surface area (Å²) in [5, 5.41) is 8.17. The minimum atomic E-state index is -0.480. The summed E-state index contributed by atoms with van der Waals surface area (Å²) in [7, 11) is 0. The number of rotatable bonds is 4. The number of nitrogens with two attached hydrogens (primary N) is 1. The second-order valence-corrected chi connectivity index (χ2v) is 6.94. The van der Waals surface area contributed by atoms with Crippen LogP contribution in [0.3, 0.4) is 0 Å². The molecule has 0 radical (unpaired) electrons. The van der Waals surface area contributed by atoms with Crippen LogP contribution in [0.5, 0.6) is 0 Å². The van der Waals surface area contributed by atoms with Gasteiger partial charge in [-0.2, -0.15) is 9.97 Å². The first-order valence-electron chi connectivity index (χ1n) is 8.63. The van der Waals surface area contributed by atoms with Crippen LogP contribution < -0.4 is 5.73 Å². The summed E-state index contributed by atoms with van der Waals surface area (Å²) in [6, 6.07) is 7.64. The van der Waals surface area contributed by atoms with Gasteiger partial charge >= 0.3 is 0 Å². The molecule has 3 aromatic rings. The third-order valence-electron chi connectivity index (χ3n) is 4.71. The van der Waals surface area contributed by atoms with E-state index in [0.29, 0.717) is 23.4 Å². The Balaban J connectivity index is 1.73. The van der Waals surface area contributed by atoms with Crippen LogP contribution in [0.15, 0.2) is 33.3 Å². The van der Waals surface area contributed by atoms with Gasteiger partial charge in [0.25, 0.3) is 11.8 Å². The first-order chi connectivity index (χ1) is 12.1. The van der Waals surface area contributed by atoms with Gasteiger partial charge in [0.1, 0.15) is 0 Å². The van der Waals surface area contributed by atoms with Gasteiger partial charge in [-0.3, -0.25) is 0 Å². The van der Waals surface area contributed by atoms with Crippen LogP contribution in [0.4, 0.5) is 0 Å². The molecule has 4 rings (SSSR count). The predicted octanol–water partition coefficient (Wildman–Crippen LogP) is 3.64. The molecule has 2 heterocycles. The second kappa shape index (κ2) is 6.07. The summed E-state index contributed by atoms with van der Waals surface area (Å²) >= 11 is 0. The standard InChI is InChI=1S/C18H21N5O2/c1-11(2)14-20-15(24-22-14)12-7-3-4-8-13(12)16-21-17(23-25-16)18(19)9-5-6-10-18/h3-4,7-8,11H,5-6,9-10,19H2,1-2H3. The van der Waals surface area contributed by atoms with Crippen molar-refractivity contribution in [3.05, 3.63) is 35.9 Å². The Hall–Kier alpha value is -2.54. The van der Waals surface area contributed by atoms with Gasteiger partial charge in [-0.05, 0) is 25.0 Å². The first-order valence-corrected chi connectivity index (χ1v) is 8.63. The summed E-state index contributed by atoms with van der Waals surface area (Å²) in [5.41, 5.74) is 7.49. The molecule has 2 N–H and O–H groups in total. The molecule has 1 aromatic carbocycles. The molecule has 0 amide bonds. The number of nitrogens with zero attached hydrogens (tertiary/aromatic N) is 4. The molecule has 1 aliphatic carbocycles. The van der Waals surface area contributed by atoms with Crippen molar-refractivity contribution >= 4 is 0 Å². The molecule has 0 atom stereocenters. The van der Waals surface area contributed by atoms with E-state index in [1.807, 2.05) is 38.1 Å². The van der Waals surface area contributed by atoms with Gasteiger partial charge < -0.3 is 14.8 Å². The fourth-order valence-electron chi connectivity index (χ4n) is 3.20. The van der Waals surface area contributed by atoms with Crippen molar-refractivity contribution in [2.24, 2.45) is 5.73 Å². The van der Waals surface area contributed by atoms with Crippen LogP contribution >= 0.6 is 0 Å². The van der Waals surface area contributed by atoms with Crippen molar-refractivity contribution in [2.75, 3.05) is 0 Å². The molecular weight excluding hydrogens is 318 g/mol. The van der Waals surface area contributed by atoms with Crippen molar-refractivity contribution in [3.63, 3.8) is 0 Å². The molecule has 0 unspecified atom stereocenters. The fourth-order valence-corrected chi connectivity index (χ4v) is 3.20. The van der Waals surface area contributed by atoms with Crippen molar-refractivity contribution in [1.29, 1.82) is 0 Å². The molecule has 7 heteroatoms. The molecule has 0 spiro atoms. The van der Waals surface area contributed by atoms with E-state index in [0.717, 1.165) is 36.8 Å². The molecule has 7 nitrogen and oxygen atoms in total. The number of benzene rings is 1. The largest absolute Gasteiger partial charge is 0.334 e. The summed E-state index contributed by atoms with van der Waals surface area (Å²) in [6.07, 6.45) is 3.96. The molecule has 0 saturated heterocycles. The van der Waals surface area contributed by atoms with Gasteiger partial charge in [0, 0.05) is 5.92 Å². The summed E-state index contributed by atoms with van der Waals surface area (Å²) in [6.45, 7) is 4.04. The van der Waals surface area contributed by atoms with E-state index in [4.69, 9.17) is 14.8 Å². The van der Waals surface area contributed by atoms with Crippen LogP contribution in [-0.2, 0) is 5.54 Å². The molecule has 130 valence electrons. The van der Waals surface area contributed by atoms with Gasteiger partial charge in [0.05, 0.1) is 16.7 Å². The smallest absolute Gasteiger partial charge is 0.258 e. The van der Waals surface area contributed by atoms with Crippen LogP contribution in [0.1, 0.15) is 57.1 Å². The number of hydrogen-bond acceptors (Lipinski definition) is 7. The molecule has 1 saturated carbocycles. The zero-order valence-corrected chi connectivity index (χ0v) is 14.4. The van der Waals surface area contributed by atoms with E-state index >= 15 is 0 Å². The lowest BCUT2D eigenvalue weighted by Gasteiger charge is -2.17. The Morgan fingerprint density at radius 3 is 2.16 bits per heavy atom. The molecule has 0 aliphatic heterocycles. The van der Waals surface area contributed by atoms with Gasteiger partial charge in [-0.25, -0.2) is 0 Å². The van der Waals surface area contributed by atoms with Crippen LogP contribution in [0, 0.1) is 0 Å². The van der Waals surface area contributed by atoms with Crippen molar-refractivity contribution in [2.45, 2.75) is 51.0 Å². The van der Waals surface area contributed by atoms with E-state index in [2.05, 4.69) is 20.3 Å². The Labute approximate surface area is 145 Å². The summed E-state index contributed by atoms with van der Waals surface area (Å²) in [4.78, 5) is 9.04. The van der Waals surface area contributed by atoms with E-state index in [9.17, 15) is 0 Å². The Kier molecular flexibility index (Phi) is 3.88. The van der Waals surface area contributed by atoms with Gasteiger partial charge in [0.15, 0.2) is 11.6 Å². The SMILES string of the molecule is CC(C)c1noc(-c2ccccc2-c2nc(C3(N)CCCC3)no2)n1. The maximum absolute atomic E-state index is 6.43. The average Bonchev–Trinajstić information content (AvgIpc) is 3.35. The topological polar surface area (TPSA) is 104 Å². The predicted molar refractivity (Wildman–Crippen MR) is 91.4 cm³/mol. The van der Waals surface area contributed by atoms with E-state index < -0.39 is 5.54 Å². The molecule has 1 fully saturated rings. The molecule has 0 bridgehead atoms. The van der Waals surface area contributed by atoms with Gasteiger partial charge in [-0.15, -0.1) is 0 Å². The molecule has 1 aliphatic rings. The highest BCUT2D eigenvalue weighted by Gasteiger charge is 2.36. The zero-order valence-electron chi connectivity index (χ0n) is 14.4. The highest BCUT2D eigenvalue weighted by atomic mass is 16.5. The normalized spacial score (nSPS) is 16.6. The van der Waals surface area contributed by atoms with E-state index in [1.165, 1.54) is 0 Å². The lowest BCUT2D eigenvalue weighted by molar-refractivity contribution is 0.372. The monoisotopic (exact) mass is 339 g/mol. The molecule has 25 heavy (non-hydrogen) atoms. The lowest BCUT2D eigenvalue weighted by atomic mass is 9.98. The van der Waals surface area contributed by atoms with Crippen molar-refractivity contribution < 1.29 is 9.05 Å². The van der Waals surface area contributed by atoms with Crippen molar-refractivity contribution in [1.82, 2.24) is 20.3 Å². The van der Waals surface area contributed by atoms with Gasteiger partial charge in [0.2, 0.25) is 0 Å². The minimum absolute atomic E-state index is 0.194. The van der Waals surface area contributed by atoms with Crippen molar-refractivity contribution in [3.8, 4) is 22.9 Å². The molecular formula is C18H21N5O2. The van der Waals surface area contributed by atoms with Gasteiger partial charge in [-0.1, -0.05) is 49.1 Å². The fraction of sp³-hybridized carbons (Fsp3) is 0.444. The third-order valence-corrected chi connectivity index (χ3v) is 4.71. The maximum Gasteiger partial charge on any atom is 0.258 e. The second-order valence-electron chi connectivity index (χ2n) is 6.94. The Bertz CT molecular complexity index is 877. The van der Waals surface area contributed by atoms with Crippen LogP contribution in [-0.4, -0.2) is 20.3 Å².